The van der Waals surface area contributed by atoms with Gasteiger partial charge in [0.2, 0.25) is 5.91 Å². The summed E-state index contributed by atoms with van der Waals surface area (Å²) < 4.78 is 4.86. The van der Waals surface area contributed by atoms with Gasteiger partial charge in [-0.3, -0.25) is 4.79 Å². The van der Waals surface area contributed by atoms with Crippen LogP contribution in [0.25, 0.3) is 0 Å². The van der Waals surface area contributed by atoms with Crippen molar-refractivity contribution in [1.29, 1.82) is 0 Å². The molecule has 3 N–H and O–H groups in total. The summed E-state index contributed by atoms with van der Waals surface area (Å²) in [6.07, 6.45) is 0.576. The molecule has 0 saturated heterocycles. The first-order chi connectivity index (χ1) is 8.58. The van der Waals surface area contributed by atoms with E-state index in [-0.39, 0.29) is 11.9 Å². The van der Waals surface area contributed by atoms with Crippen LogP contribution in [0.1, 0.15) is 30.6 Å². The van der Waals surface area contributed by atoms with Crippen molar-refractivity contribution in [1.82, 2.24) is 0 Å². The van der Waals surface area contributed by atoms with Gasteiger partial charge >= 0.3 is 5.97 Å². The smallest absolute Gasteiger partial charge is 0.338 e. The number of amides is 1. The highest BCUT2D eigenvalue weighted by atomic mass is 16.5. The molecule has 0 bridgehead atoms. The van der Waals surface area contributed by atoms with Gasteiger partial charge in [-0.25, -0.2) is 4.79 Å². The molecule has 5 heteroatoms. The first kappa shape index (κ1) is 14.2. The van der Waals surface area contributed by atoms with Crippen LogP contribution in [-0.4, -0.2) is 24.5 Å². The lowest BCUT2D eigenvalue weighted by atomic mass is 10.2. The van der Waals surface area contributed by atoms with E-state index in [9.17, 15) is 9.59 Å². The van der Waals surface area contributed by atoms with Gasteiger partial charge < -0.3 is 15.8 Å². The van der Waals surface area contributed by atoms with E-state index in [1.165, 1.54) is 0 Å². The molecule has 0 heterocycles. The molecule has 0 fully saturated rings. The summed E-state index contributed by atoms with van der Waals surface area (Å²) >= 11 is 0. The Balaban J connectivity index is 2.66. The lowest BCUT2D eigenvalue weighted by Gasteiger charge is -2.10. The molecule has 1 rings (SSSR count). The van der Waals surface area contributed by atoms with E-state index in [1.54, 1.807) is 31.2 Å². The monoisotopic (exact) mass is 250 g/mol. The maximum Gasteiger partial charge on any atom is 0.338 e. The molecule has 1 aromatic carbocycles. The van der Waals surface area contributed by atoms with Crippen LogP contribution in [0.5, 0.6) is 0 Å². The molecule has 1 atom stereocenters. The number of esters is 1. The highest BCUT2D eigenvalue weighted by molar-refractivity contribution is 5.95. The average molecular weight is 250 g/mol. The predicted molar refractivity (Wildman–Crippen MR) is 69.3 cm³/mol. The van der Waals surface area contributed by atoms with Gasteiger partial charge in [-0.2, -0.15) is 0 Å². The second-order valence-corrected chi connectivity index (χ2v) is 3.80. The SMILES string of the molecule is CCOC(=O)c1ccc(NC(=O)[C@@H](N)CC)cc1. The molecule has 98 valence electrons. The van der Waals surface area contributed by atoms with Gasteiger partial charge in [0.25, 0.3) is 0 Å². The number of carbonyl (C=O) groups is 2. The van der Waals surface area contributed by atoms with Gasteiger partial charge in [-0.1, -0.05) is 6.92 Å². The summed E-state index contributed by atoms with van der Waals surface area (Å²) in [7, 11) is 0. The molecule has 0 aliphatic heterocycles. The van der Waals surface area contributed by atoms with Crippen molar-refractivity contribution >= 4 is 17.6 Å². The third-order valence-electron chi connectivity index (χ3n) is 2.44. The Morgan fingerprint density at radius 2 is 1.89 bits per heavy atom. The quantitative estimate of drug-likeness (QED) is 0.777. The summed E-state index contributed by atoms with van der Waals surface area (Å²) in [4.78, 5) is 22.9. The molecule has 0 spiro atoms. The fraction of sp³-hybridized carbons (Fsp3) is 0.385. The van der Waals surface area contributed by atoms with Crippen molar-refractivity contribution in [3.05, 3.63) is 29.8 Å². The molecule has 0 aliphatic rings. The number of anilines is 1. The molecule has 1 aromatic rings. The Bertz CT molecular complexity index is 415. The second kappa shape index (κ2) is 6.76. The molecular weight excluding hydrogens is 232 g/mol. The highest BCUT2D eigenvalue weighted by Crippen LogP contribution is 2.11. The van der Waals surface area contributed by atoms with Crippen LogP contribution in [0.2, 0.25) is 0 Å². The van der Waals surface area contributed by atoms with Crippen LogP contribution in [0, 0.1) is 0 Å². The van der Waals surface area contributed by atoms with E-state index in [4.69, 9.17) is 10.5 Å². The van der Waals surface area contributed by atoms with Crippen molar-refractivity contribution in [2.24, 2.45) is 5.73 Å². The third-order valence-corrected chi connectivity index (χ3v) is 2.44. The zero-order chi connectivity index (χ0) is 13.5. The van der Waals surface area contributed by atoms with Crippen LogP contribution in [0.15, 0.2) is 24.3 Å². The third kappa shape index (κ3) is 3.85. The minimum absolute atomic E-state index is 0.235. The van der Waals surface area contributed by atoms with Crippen molar-refractivity contribution in [2.75, 3.05) is 11.9 Å². The first-order valence-corrected chi connectivity index (χ1v) is 5.92. The summed E-state index contributed by atoms with van der Waals surface area (Å²) in [5, 5.41) is 2.67. The molecule has 0 aliphatic carbocycles. The maximum absolute atomic E-state index is 11.5. The number of benzene rings is 1. The molecule has 5 nitrogen and oxygen atoms in total. The zero-order valence-electron chi connectivity index (χ0n) is 10.6. The first-order valence-electron chi connectivity index (χ1n) is 5.92. The van der Waals surface area contributed by atoms with Crippen molar-refractivity contribution < 1.29 is 14.3 Å². The second-order valence-electron chi connectivity index (χ2n) is 3.80. The molecular formula is C13H18N2O3. The number of carbonyl (C=O) groups excluding carboxylic acids is 2. The molecule has 0 radical (unpaired) electrons. The van der Waals surface area contributed by atoms with Gasteiger partial charge in [0.15, 0.2) is 0 Å². The van der Waals surface area contributed by atoms with E-state index in [1.807, 2.05) is 6.92 Å². The van der Waals surface area contributed by atoms with Crippen molar-refractivity contribution in [3.63, 3.8) is 0 Å². The molecule has 1 amide bonds. The van der Waals surface area contributed by atoms with Crippen molar-refractivity contribution in [2.45, 2.75) is 26.3 Å². The van der Waals surface area contributed by atoms with Gasteiger partial charge in [0.05, 0.1) is 18.2 Å². The fourth-order valence-electron chi connectivity index (χ4n) is 1.32. The lowest BCUT2D eigenvalue weighted by Crippen LogP contribution is -2.34. The lowest BCUT2D eigenvalue weighted by molar-refractivity contribution is -0.117. The Morgan fingerprint density at radius 3 is 2.39 bits per heavy atom. The van der Waals surface area contributed by atoms with Crippen molar-refractivity contribution in [3.8, 4) is 0 Å². The van der Waals surface area contributed by atoms with E-state index in [0.717, 1.165) is 0 Å². The minimum atomic E-state index is -0.519. The number of nitrogens with two attached hydrogens (primary N) is 1. The Labute approximate surface area is 106 Å². The van der Waals surface area contributed by atoms with Crippen LogP contribution in [-0.2, 0) is 9.53 Å². The van der Waals surface area contributed by atoms with E-state index < -0.39 is 6.04 Å². The number of hydrogen-bond donors (Lipinski definition) is 2. The zero-order valence-corrected chi connectivity index (χ0v) is 10.6. The molecule has 0 saturated carbocycles. The Hall–Kier alpha value is -1.88. The maximum atomic E-state index is 11.5. The van der Waals surface area contributed by atoms with E-state index in [0.29, 0.717) is 24.3 Å². The fourth-order valence-corrected chi connectivity index (χ4v) is 1.32. The van der Waals surface area contributed by atoms with Crippen LogP contribution < -0.4 is 11.1 Å². The Kier molecular flexibility index (Phi) is 5.32. The summed E-state index contributed by atoms with van der Waals surface area (Å²) in [6, 6.07) is 5.98. The predicted octanol–water partition coefficient (Wildman–Crippen LogP) is 1.54. The van der Waals surface area contributed by atoms with E-state index >= 15 is 0 Å². The topological polar surface area (TPSA) is 81.4 Å². The average Bonchev–Trinajstić information content (AvgIpc) is 2.38. The molecule has 0 aromatic heterocycles. The number of hydrogen-bond acceptors (Lipinski definition) is 4. The van der Waals surface area contributed by atoms with E-state index in [2.05, 4.69) is 5.32 Å². The van der Waals surface area contributed by atoms with Gasteiger partial charge in [-0.15, -0.1) is 0 Å². The van der Waals surface area contributed by atoms with Gasteiger partial charge in [0.1, 0.15) is 0 Å². The summed E-state index contributed by atoms with van der Waals surface area (Å²) in [6.45, 7) is 3.93. The van der Waals surface area contributed by atoms with Crippen LogP contribution in [0.3, 0.4) is 0 Å². The number of ether oxygens (including phenoxy) is 1. The number of rotatable bonds is 5. The van der Waals surface area contributed by atoms with Crippen LogP contribution in [0.4, 0.5) is 5.69 Å². The minimum Gasteiger partial charge on any atom is -0.462 e. The summed E-state index contributed by atoms with van der Waals surface area (Å²) in [5.74, 6) is -0.609. The molecule has 0 unspecified atom stereocenters. The summed E-state index contributed by atoms with van der Waals surface area (Å²) in [5.41, 5.74) is 6.66. The van der Waals surface area contributed by atoms with Gasteiger partial charge in [-0.05, 0) is 37.6 Å². The Morgan fingerprint density at radius 1 is 1.28 bits per heavy atom. The normalized spacial score (nSPS) is 11.7. The highest BCUT2D eigenvalue weighted by Gasteiger charge is 2.11. The molecule has 18 heavy (non-hydrogen) atoms. The number of nitrogens with one attached hydrogen (secondary N) is 1. The van der Waals surface area contributed by atoms with Crippen LogP contribution >= 0.6 is 0 Å². The largest absolute Gasteiger partial charge is 0.462 e. The standard InChI is InChI=1S/C13H18N2O3/c1-3-11(14)12(16)15-10-7-5-9(6-8-10)13(17)18-4-2/h5-8,11H,3-4,14H2,1-2H3,(H,15,16)/t11-/m0/s1. The van der Waals surface area contributed by atoms with Gasteiger partial charge in [0, 0.05) is 5.69 Å².